The third-order valence-corrected chi connectivity index (χ3v) is 5.20. The number of hydrogen-bond donors (Lipinski definition) is 1. The van der Waals surface area contributed by atoms with Gasteiger partial charge in [0.05, 0.1) is 0 Å². The van der Waals surface area contributed by atoms with Crippen LogP contribution in [0.2, 0.25) is 0 Å². The lowest BCUT2D eigenvalue weighted by Crippen LogP contribution is -2.37. The zero-order valence-electron chi connectivity index (χ0n) is 14.1. The average Bonchev–Trinajstić information content (AvgIpc) is 2.53. The molecule has 1 unspecified atom stereocenters. The number of nitrogens with one attached hydrogen (secondary N) is 1. The van der Waals surface area contributed by atoms with Crippen LogP contribution in [0.3, 0.4) is 0 Å². The van der Waals surface area contributed by atoms with Crippen LogP contribution >= 0.6 is 0 Å². The number of unbranched alkanes of at least 4 members (excludes halogenated alkanes) is 1. The molecule has 118 valence electrons. The van der Waals surface area contributed by atoms with Crippen LogP contribution in [0.25, 0.3) is 0 Å². The van der Waals surface area contributed by atoms with Crippen molar-refractivity contribution in [3.05, 3.63) is 29.6 Å². The molecule has 1 atom stereocenters. The molecule has 0 radical (unpaired) electrons. The van der Waals surface area contributed by atoms with Crippen molar-refractivity contribution < 1.29 is 0 Å². The molecule has 1 fully saturated rings. The molecule has 1 aliphatic carbocycles. The Morgan fingerprint density at radius 1 is 1.24 bits per heavy atom. The molecule has 21 heavy (non-hydrogen) atoms. The Bertz CT molecular complexity index is 391. The first kappa shape index (κ1) is 16.5. The van der Waals surface area contributed by atoms with Crippen molar-refractivity contribution in [1.29, 1.82) is 0 Å². The Balaban J connectivity index is 1.83. The van der Waals surface area contributed by atoms with Gasteiger partial charge >= 0.3 is 0 Å². The monoisotopic (exact) mass is 288 g/mol. The van der Waals surface area contributed by atoms with Gasteiger partial charge in [-0.15, -0.1) is 0 Å². The van der Waals surface area contributed by atoms with E-state index in [0.717, 1.165) is 18.3 Å². The second-order valence-corrected chi connectivity index (χ2v) is 6.85. The van der Waals surface area contributed by atoms with Gasteiger partial charge in [-0.25, -0.2) is 0 Å². The molecule has 2 nitrogen and oxygen atoms in total. The average molecular weight is 288 g/mol. The molecule has 1 heterocycles. The largest absolute Gasteiger partial charge is 0.316 e. The van der Waals surface area contributed by atoms with Gasteiger partial charge in [0.2, 0.25) is 0 Å². The fraction of sp³-hybridized carbons (Fsp3) is 0.737. The number of hydrogen-bond acceptors (Lipinski definition) is 2. The van der Waals surface area contributed by atoms with Crippen molar-refractivity contribution >= 4 is 0 Å². The number of aromatic nitrogens is 1. The summed E-state index contributed by atoms with van der Waals surface area (Å²) in [6.45, 7) is 4.40. The molecule has 1 saturated carbocycles. The zero-order chi connectivity index (χ0) is 15.1. The Hall–Kier alpha value is -0.890. The quantitative estimate of drug-likeness (QED) is 0.798. The van der Waals surface area contributed by atoms with Crippen molar-refractivity contribution in [2.75, 3.05) is 7.05 Å². The van der Waals surface area contributed by atoms with Gasteiger partial charge in [-0.2, -0.15) is 0 Å². The fourth-order valence-electron chi connectivity index (χ4n) is 3.72. The Morgan fingerprint density at radius 2 is 2.00 bits per heavy atom. The van der Waals surface area contributed by atoms with Gasteiger partial charge in [0, 0.05) is 24.4 Å². The third-order valence-electron chi connectivity index (χ3n) is 5.20. The van der Waals surface area contributed by atoms with Crippen LogP contribution in [0.5, 0.6) is 0 Å². The van der Waals surface area contributed by atoms with Crippen LogP contribution in [0.4, 0.5) is 0 Å². The molecule has 0 bridgehead atoms. The zero-order valence-corrected chi connectivity index (χ0v) is 14.1. The van der Waals surface area contributed by atoms with Gasteiger partial charge in [-0.05, 0) is 50.3 Å². The van der Waals surface area contributed by atoms with Crippen LogP contribution in [0.1, 0.15) is 63.1 Å². The van der Waals surface area contributed by atoms with E-state index in [4.69, 9.17) is 0 Å². The van der Waals surface area contributed by atoms with Crippen LogP contribution in [0, 0.1) is 18.8 Å². The Kier molecular flexibility index (Phi) is 6.69. The number of rotatable bonds is 7. The standard InChI is InChI=1S/C19H32N2/c1-4-5-6-16-8-10-17(11-9-16)19(20-3)13-18-12-7-15(2)14-21-18/h7,12,14,16-17,19-20H,4-6,8-11,13H2,1-3H3. The van der Waals surface area contributed by atoms with Gasteiger partial charge in [0.15, 0.2) is 0 Å². The molecular formula is C19H32N2. The summed E-state index contributed by atoms with van der Waals surface area (Å²) in [5.74, 6) is 1.83. The van der Waals surface area contributed by atoms with E-state index in [1.165, 1.54) is 56.2 Å². The highest BCUT2D eigenvalue weighted by atomic mass is 14.9. The van der Waals surface area contributed by atoms with E-state index in [9.17, 15) is 0 Å². The van der Waals surface area contributed by atoms with E-state index >= 15 is 0 Å². The predicted octanol–water partition coefficient (Wildman–Crippen LogP) is 4.52. The lowest BCUT2D eigenvalue weighted by atomic mass is 9.76. The van der Waals surface area contributed by atoms with Crippen molar-refractivity contribution in [1.82, 2.24) is 10.3 Å². The first-order chi connectivity index (χ1) is 10.2. The SMILES string of the molecule is CCCCC1CCC(C(Cc2ccc(C)cn2)NC)CC1. The van der Waals surface area contributed by atoms with Gasteiger partial charge in [-0.3, -0.25) is 4.98 Å². The minimum atomic E-state index is 0.590. The molecular weight excluding hydrogens is 256 g/mol. The first-order valence-electron chi connectivity index (χ1n) is 8.81. The molecule has 0 aromatic carbocycles. The highest BCUT2D eigenvalue weighted by molar-refractivity contribution is 5.13. The summed E-state index contributed by atoms with van der Waals surface area (Å²) >= 11 is 0. The maximum atomic E-state index is 4.58. The summed E-state index contributed by atoms with van der Waals surface area (Å²) in [6.07, 6.45) is 12.9. The van der Waals surface area contributed by atoms with Crippen molar-refractivity contribution in [3.8, 4) is 0 Å². The van der Waals surface area contributed by atoms with Crippen molar-refractivity contribution in [2.24, 2.45) is 11.8 Å². The summed E-state index contributed by atoms with van der Waals surface area (Å²) in [4.78, 5) is 4.58. The maximum Gasteiger partial charge on any atom is 0.0419 e. The molecule has 2 rings (SSSR count). The van der Waals surface area contributed by atoms with Crippen LogP contribution < -0.4 is 5.32 Å². The summed E-state index contributed by atoms with van der Waals surface area (Å²) in [5.41, 5.74) is 2.48. The van der Waals surface area contributed by atoms with Crippen LogP contribution in [-0.2, 0) is 6.42 Å². The number of nitrogens with zero attached hydrogens (tertiary/aromatic N) is 1. The maximum absolute atomic E-state index is 4.58. The molecule has 1 aliphatic rings. The summed E-state index contributed by atoms with van der Waals surface area (Å²) in [6, 6.07) is 4.95. The highest BCUT2D eigenvalue weighted by Crippen LogP contribution is 2.34. The first-order valence-corrected chi connectivity index (χ1v) is 8.81. The van der Waals surface area contributed by atoms with E-state index in [0.29, 0.717) is 6.04 Å². The molecule has 0 aliphatic heterocycles. The second kappa shape index (κ2) is 8.53. The molecule has 2 heteroatoms. The normalized spacial score (nSPS) is 24.0. The van der Waals surface area contributed by atoms with Gasteiger partial charge < -0.3 is 5.32 Å². The summed E-state index contributed by atoms with van der Waals surface area (Å²) < 4.78 is 0. The molecule has 1 aromatic rings. The molecule has 0 amide bonds. The molecule has 0 saturated heterocycles. The lowest BCUT2D eigenvalue weighted by Gasteiger charge is -2.34. The van der Waals surface area contributed by atoms with Crippen LogP contribution in [0.15, 0.2) is 18.3 Å². The fourth-order valence-corrected chi connectivity index (χ4v) is 3.72. The molecule has 0 spiro atoms. The van der Waals surface area contributed by atoms with Gasteiger partial charge in [0.25, 0.3) is 0 Å². The number of likely N-dealkylation sites (N-methyl/N-ethyl adjacent to an activating group) is 1. The Labute approximate surface area is 130 Å². The van der Waals surface area contributed by atoms with E-state index in [1.54, 1.807) is 0 Å². The van der Waals surface area contributed by atoms with Gasteiger partial charge in [0.1, 0.15) is 0 Å². The number of pyridine rings is 1. The summed E-state index contributed by atoms with van der Waals surface area (Å²) in [5, 5.41) is 3.55. The molecule has 1 aromatic heterocycles. The van der Waals surface area contributed by atoms with E-state index < -0.39 is 0 Å². The van der Waals surface area contributed by atoms with E-state index in [-0.39, 0.29) is 0 Å². The van der Waals surface area contributed by atoms with Crippen LogP contribution in [-0.4, -0.2) is 18.1 Å². The second-order valence-electron chi connectivity index (χ2n) is 6.85. The Morgan fingerprint density at radius 3 is 2.57 bits per heavy atom. The predicted molar refractivity (Wildman–Crippen MR) is 90.5 cm³/mol. The summed E-state index contributed by atoms with van der Waals surface area (Å²) in [7, 11) is 2.11. The lowest BCUT2D eigenvalue weighted by molar-refractivity contribution is 0.215. The van der Waals surface area contributed by atoms with Crippen molar-refractivity contribution in [3.63, 3.8) is 0 Å². The van der Waals surface area contributed by atoms with Gasteiger partial charge in [-0.1, -0.05) is 45.1 Å². The third kappa shape index (κ3) is 5.10. The highest BCUT2D eigenvalue weighted by Gasteiger charge is 2.26. The van der Waals surface area contributed by atoms with E-state index in [2.05, 4.69) is 43.3 Å². The minimum Gasteiger partial charge on any atom is -0.316 e. The smallest absolute Gasteiger partial charge is 0.0419 e. The number of aryl methyl sites for hydroxylation is 1. The van der Waals surface area contributed by atoms with Crippen molar-refractivity contribution in [2.45, 2.75) is 71.3 Å². The van der Waals surface area contributed by atoms with E-state index in [1.807, 2.05) is 6.20 Å². The topological polar surface area (TPSA) is 24.9 Å². The molecule has 1 N–H and O–H groups in total. The minimum absolute atomic E-state index is 0.590.